The van der Waals surface area contributed by atoms with E-state index < -0.39 is 5.79 Å². The van der Waals surface area contributed by atoms with Crippen LogP contribution in [0.3, 0.4) is 0 Å². The van der Waals surface area contributed by atoms with Gasteiger partial charge in [0.2, 0.25) is 0 Å². The lowest BCUT2D eigenvalue weighted by Gasteiger charge is -2.24. The van der Waals surface area contributed by atoms with Crippen molar-refractivity contribution in [3.63, 3.8) is 0 Å². The van der Waals surface area contributed by atoms with Crippen LogP contribution >= 0.6 is 0 Å². The van der Waals surface area contributed by atoms with E-state index in [9.17, 15) is 0 Å². The molecular weight excluding hydrogens is 296 g/mol. The summed E-state index contributed by atoms with van der Waals surface area (Å²) in [5, 5.41) is 3.76. The van der Waals surface area contributed by atoms with Crippen molar-refractivity contribution < 1.29 is 14.2 Å². The second-order valence-corrected chi connectivity index (χ2v) is 5.23. The number of pyridine rings is 1. The number of nitrogens with one attached hydrogen (secondary N) is 1. The van der Waals surface area contributed by atoms with E-state index in [0.29, 0.717) is 23.0 Å². The van der Waals surface area contributed by atoms with Crippen molar-refractivity contribution in [2.75, 3.05) is 14.2 Å². The van der Waals surface area contributed by atoms with Crippen molar-refractivity contribution in [1.29, 1.82) is 0 Å². The van der Waals surface area contributed by atoms with E-state index in [1.54, 1.807) is 51.9 Å². The fourth-order valence-electron chi connectivity index (χ4n) is 2.21. The number of nitrogens with zero attached hydrogens (tertiary/aromatic N) is 2. The first-order valence-electron chi connectivity index (χ1n) is 7.03. The van der Waals surface area contributed by atoms with Gasteiger partial charge in [-0.15, -0.1) is 0 Å². The van der Waals surface area contributed by atoms with Gasteiger partial charge < -0.3 is 19.5 Å². The third-order valence-corrected chi connectivity index (χ3v) is 3.40. The lowest BCUT2D eigenvalue weighted by Crippen LogP contribution is -2.48. The molecule has 1 unspecified atom stereocenters. The first kappa shape index (κ1) is 15.1. The summed E-state index contributed by atoms with van der Waals surface area (Å²) in [6.07, 6.45) is 4.94. The maximum absolute atomic E-state index is 5.89. The number of methoxy groups -OCH3 is 2. The maximum atomic E-state index is 5.89. The molecule has 0 saturated carbocycles. The Balaban J connectivity index is 1.98. The van der Waals surface area contributed by atoms with Crippen LogP contribution in [0.1, 0.15) is 6.92 Å². The molecule has 0 fully saturated rings. The van der Waals surface area contributed by atoms with E-state index in [-0.39, 0.29) is 0 Å². The Kier molecular flexibility index (Phi) is 3.79. The fourth-order valence-corrected chi connectivity index (χ4v) is 2.21. The van der Waals surface area contributed by atoms with Crippen LogP contribution in [0.4, 0.5) is 0 Å². The van der Waals surface area contributed by atoms with Crippen molar-refractivity contribution >= 4 is 17.1 Å². The molecule has 1 aliphatic rings. The zero-order valence-electron chi connectivity index (χ0n) is 13.2. The Hall–Kier alpha value is -2.80. The fraction of sp³-hybridized carbons (Fsp3) is 0.250. The van der Waals surface area contributed by atoms with Crippen molar-refractivity contribution in [2.24, 2.45) is 10.7 Å². The summed E-state index contributed by atoms with van der Waals surface area (Å²) in [6.45, 7) is 1.76. The molecule has 0 amide bonds. The summed E-state index contributed by atoms with van der Waals surface area (Å²) in [6, 6.07) is 5.41. The number of nitrogens with two attached hydrogens (primary N) is 1. The molecule has 3 rings (SSSR count). The van der Waals surface area contributed by atoms with Gasteiger partial charge in [-0.05, 0) is 19.1 Å². The van der Waals surface area contributed by atoms with Gasteiger partial charge in [0, 0.05) is 23.8 Å². The lowest BCUT2D eigenvalue weighted by atomic mass is 10.2. The SMILES string of the molecule is COc1cc2nccc(OC3=CNC(C)(N)N=C3)c2cc1OC. The molecule has 1 aliphatic heterocycles. The molecule has 7 heteroatoms. The van der Waals surface area contributed by atoms with Gasteiger partial charge in [0.1, 0.15) is 5.75 Å². The molecule has 0 spiro atoms. The standard InChI is InChI=1S/C16H18N4O3/c1-16(17)19-8-10(9-20-16)23-13-4-5-18-12-7-15(22-3)14(21-2)6-11(12)13/h4-9,19H,17H2,1-3H3. The Morgan fingerprint density at radius 1 is 1.13 bits per heavy atom. The Labute approximate surface area is 133 Å². The molecule has 1 atom stereocenters. The summed E-state index contributed by atoms with van der Waals surface area (Å²) in [4.78, 5) is 8.51. The summed E-state index contributed by atoms with van der Waals surface area (Å²) >= 11 is 0. The van der Waals surface area contributed by atoms with Crippen LogP contribution in [0.25, 0.3) is 10.9 Å². The molecule has 0 aliphatic carbocycles. The van der Waals surface area contributed by atoms with Crippen molar-refractivity contribution in [2.45, 2.75) is 12.7 Å². The highest BCUT2D eigenvalue weighted by molar-refractivity contribution is 5.89. The molecule has 3 N–H and O–H groups in total. The third kappa shape index (κ3) is 3.04. The van der Waals surface area contributed by atoms with Crippen LogP contribution < -0.4 is 25.3 Å². The van der Waals surface area contributed by atoms with Crippen LogP contribution in [0.15, 0.2) is 41.3 Å². The number of allylic oxidation sites excluding steroid dienone is 1. The first-order valence-corrected chi connectivity index (χ1v) is 7.03. The number of benzene rings is 1. The van der Waals surface area contributed by atoms with Gasteiger partial charge in [-0.1, -0.05) is 0 Å². The molecule has 2 heterocycles. The molecule has 0 saturated heterocycles. The second kappa shape index (κ2) is 5.77. The smallest absolute Gasteiger partial charge is 0.179 e. The quantitative estimate of drug-likeness (QED) is 0.894. The van der Waals surface area contributed by atoms with Crippen LogP contribution in [0, 0.1) is 0 Å². The second-order valence-electron chi connectivity index (χ2n) is 5.23. The molecule has 120 valence electrons. The highest BCUT2D eigenvalue weighted by Gasteiger charge is 2.18. The Morgan fingerprint density at radius 3 is 2.52 bits per heavy atom. The zero-order chi connectivity index (χ0) is 16.4. The monoisotopic (exact) mass is 314 g/mol. The van der Waals surface area contributed by atoms with Crippen LogP contribution in [-0.4, -0.2) is 31.2 Å². The Morgan fingerprint density at radius 2 is 1.87 bits per heavy atom. The highest BCUT2D eigenvalue weighted by atomic mass is 16.5. The van der Waals surface area contributed by atoms with Crippen LogP contribution in [0.5, 0.6) is 17.2 Å². The van der Waals surface area contributed by atoms with E-state index in [4.69, 9.17) is 19.9 Å². The van der Waals surface area contributed by atoms with Gasteiger partial charge in [-0.25, -0.2) is 4.99 Å². The zero-order valence-corrected chi connectivity index (χ0v) is 13.2. The van der Waals surface area contributed by atoms with Gasteiger partial charge in [-0.3, -0.25) is 10.7 Å². The minimum absolute atomic E-state index is 0.551. The van der Waals surface area contributed by atoms with Crippen LogP contribution in [-0.2, 0) is 0 Å². The molecule has 7 nitrogen and oxygen atoms in total. The van der Waals surface area contributed by atoms with E-state index in [0.717, 1.165) is 10.9 Å². The number of hydrogen-bond acceptors (Lipinski definition) is 7. The molecule has 1 aromatic heterocycles. The lowest BCUT2D eigenvalue weighted by molar-refractivity contribution is 0.355. The summed E-state index contributed by atoms with van der Waals surface area (Å²) in [5.74, 6) is 1.59. The molecule has 2 aromatic rings. The number of aromatic nitrogens is 1. The number of aliphatic imine (C=N–C) groups is 1. The predicted octanol–water partition coefficient (Wildman–Crippen LogP) is 1.78. The molecule has 23 heavy (non-hydrogen) atoms. The molecular formula is C16H18N4O3. The van der Waals surface area contributed by atoms with Gasteiger partial charge in [-0.2, -0.15) is 0 Å². The van der Waals surface area contributed by atoms with Crippen molar-refractivity contribution in [1.82, 2.24) is 10.3 Å². The highest BCUT2D eigenvalue weighted by Crippen LogP contribution is 2.35. The van der Waals surface area contributed by atoms with Crippen LogP contribution in [0.2, 0.25) is 0 Å². The maximum Gasteiger partial charge on any atom is 0.179 e. The predicted molar refractivity (Wildman–Crippen MR) is 87.8 cm³/mol. The van der Waals surface area contributed by atoms with Gasteiger partial charge in [0.05, 0.1) is 26.0 Å². The summed E-state index contributed by atoms with van der Waals surface area (Å²) in [7, 11) is 3.17. The largest absolute Gasteiger partial charge is 0.493 e. The van der Waals surface area contributed by atoms with Gasteiger partial charge in [0.25, 0.3) is 0 Å². The average molecular weight is 314 g/mol. The van der Waals surface area contributed by atoms with E-state index in [2.05, 4.69) is 15.3 Å². The van der Waals surface area contributed by atoms with E-state index >= 15 is 0 Å². The number of ether oxygens (including phenoxy) is 3. The normalized spacial score (nSPS) is 19.9. The average Bonchev–Trinajstić information content (AvgIpc) is 2.55. The molecule has 1 aromatic carbocycles. The number of rotatable bonds is 4. The minimum Gasteiger partial charge on any atom is -0.493 e. The van der Waals surface area contributed by atoms with E-state index in [1.807, 2.05) is 6.07 Å². The molecule has 0 bridgehead atoms. The molecule has 0 radical (unpaired) electrons. The van der Waals surface area contributed by atoms with Crippen molar-refractivity contribution in [3.8, 4) is 17.2 Å². The Bertz CT molecular complexity index is 799. The third-order valence-electron chi connectivity index (χ3n) is 3.40. The minimum atomic E-state index is -0.816. The summed E-state index contributed by atoms with van der Waals surface area (Å²) in [5.41, 5.74) is 6.59. The van der Waals surface area contributed by atoms with Crippen molar-refractivity contribution in [3.05, 3.63) is 36.4 Å². The topological polar surface area (TPSA) is 91.0 Å². The summed E-state index contributed by atoms with van der Waals surface area (Å²) < 4.78 is 16.5. The number of fused-ring (bicyclic) bond motifs is 1. The van der Waals surface area contributed by atoms with Gasteiger partial charge in [0.15, 0.2) is 23.0 Å². The van der Waals surface area contributed by atoms with Gasteiger partial charge >= 0.3 is 0 Å². The number of hydrogen-bond donors (Lipinski definition) is 2. The first-order chi connectivity index (χ1) is 11.0. The van der Waals surface area contributed by atoms with E-state index in [1.165, 1.54) is 0 Å².